The molecule has 2 atom stereocenters. The number of likely N-dealkylation sites (N-methyl/N-ethyl adjacent to an activating group) is 1. The second kappa shape index (κ2) is 5.98. The molecule has 1 fully saturated rings. The lowest BCUT2D eigenvalue weighted by Gasteiger charge is -2.10. The molecule has 3 N–H and O–H groups in total. The average Bonchev–Trinajstić information content (AvgIpc) is 2.58. The molecule has 0 bridgehead atoms. The molecule has 4 nitrogen and oxygen atoms in total. The van der Waals surface area contributed by atoms with Crippen molar-refractivity contribution in [3.8, 4) is 0 Å². The maximum atomic E-state index is 11.2. The summed E-state index contributed by atoms with van der Waals surface area (Å²) in [5, 5.41) is 15.1. The molecule has 1 aliphatic carbocycles. The fourth-order valence-electron chi connectivity index (χ4n) is 1.79. The highest BCUT2D eigenvalue weighted by molar-refractivity contribution is 5.77. The maximum Gasteiger partial charge on any atom is 0.233 e. The Morgan fingerprint density at radius 1 is 1.50 bits per heavy atom. The van der Waals surface area contributed by atoms with Crippen molar-refractivity contribution in [1.29, 1.82) is 0 Å². The number of amides is 1. The zero-order valence-corrected chi connectivity index (χ0v) is 8.75. The van der Waals surface area contributed by atoms with Gasteiger partial charge in [-0.3, -0.25) is 4.79 Å². The average molecular weight is 200 g/mol. The third-order valence-electron chi connectivity index (χ3n) is 2.64. The molecule has 0 aromatic heterocycles. The number of carbonyl (C=O) groups excluding carboxylic acids is 1. The minimum Gasteiger partial charge on any atom is -0.393 e. The van der Waals surface area contributed by atoms with Crippen LogP contribution in [0.25, 0.3) is 0 Å². The molecular weight excluding hydrogens is 180 g/mol. The van der Waals surface area contributed by atoms with Gasteiger partial charge < -0.3 is 15.7 Å². The molecule has 0 aromatic carbocycles. The van der Waals surface area contributed by atoms with Gasteiger partial charge in [-0.1, -0.05) is 6.92 Å². The molecule has 0 aromatic rings. The number of aliphatic hydroxyl groups is 1. The first-order chi connectivity index (χ1) is 6.72. The van der Waals surface area contributed by atoms with Crippen LogP contribution < -0.4 is 10.6 Å². The van der Waals surface area contributed by atoms with Gasteiger partial charge in [-0.15, -0.1) is 0 Å². The van der Waals surface area contributed by atoms with E-state index in [1.165, 1.54) is 0 Å². The van der Waals surface area contributed by atoms with E-state index >= 15 is 0 Å². The summed E-state index contributed by atoms with van der Waals surface area (Å²) in [7, 11) is 0. The normalized spacial score (nSPS) is 26.4. The van der Waals surface area contributed by atoms with Crippen LogP contribution in [-0.4, -0.2) is 36.8 Å². The summed E-state index contributed by atoms with van der Waals surface area (Å²) in [6.45, 7) is 3.89. The third kappa shape index (κ3) is 4.07. The van der Waals surface area contributed by atoms with E-state index in [0.717, 1.165) is 25.8 Å². The quantitative estimate of drug-likeness (QED) is 0.579. The highest BCUT2D eigenvalue weighted by Crippen LogP contribution is 2.24. The lowest BCUT2D eigenvalue weighted by Crippen LogP contribution is -2.36. The Balaban J connectivity index is 2.05. The van der Waals surface area contributed by atoms with Crippen molar-refractivity contribution in [2.45, 2.75) is 32.3 Å². The second-order valence-electron chi connectivity index (χ2n) is 3.92. The third-order valence-corrected chi connectivity index (χ3v) is 2.64. The second-order valence-corrected chi connectivity index (χ2v) is 3.92. The van der Waals surface area contributed by atoms with Gasteiger partial charge in [-0.25, -0.2) is 0 Å². The Labute approximate surface area is 85.1 Å². The highest BCUT2D eigenvalue weighted by Gasteiger charge is 2.22. The molecule has 14 heavy (non-hydrogen) atoms. The zero-order valence-electron chi connectivity index (χ0n) is 8.75. The number of rotatable bonds is 5. The molecule has 0 radical (unpaired) electrons. The van der Waals surface area contributed by atoms with E-state index in [0.29, 0.717) is 19.0 Å². The van der Waals surface area contributed by atoms with Crippen molar-refractivity contribution in [3.63, 3.8) is 0 Å². The summed E-state index contributed by atoms with van der Waals surface area (Å²) in [4.78, 5) is 11.2. The molecule has 2 unspecified atom stereocenters. The number of aliphatic hydroxyl groups excluding tert-OH is 1. The Morgan fingerprint density at radius 3 is 2.86 bits per heavy atom. The van der Waals surface area contributed by atoms with Gasteiger partial charge in [0.2, 0.25) is 5.91 Å². The van der Waals surface area contributed by atoms with Gasteiger partial charge >= 0.3 is 0 Å². The molecule has 0 saturated heterocycles. The lowest BCUT2D eigenvalue weighted by molar-refractivity contribution is -0.120. The highest BCUT2D eigenvalue weighted by atomic mass is 16.3. The Hall–Kier alpha value is -0.610. The minimum absolute atomic E-state index is 0.0493. The van der Waals surface area contributed by atoms with E-state index in [9.17, 15) is 9.90 Å². The van der Waals surface area contributed by atoms with E-state index in [-0.39, 0.29) is 12.0 Å². The smallest absolute Gasteiger partial charge is 0.233 e. The van der Waals surface area contributed by atoms with Crippen molar-refractivity contribution in [3.05, 3.63) is 0 Å². The molecule has 1 rings (SSSR count). The zero-order chi connectivity index (χ0) is 10.4. The predicted molar refractivity (Wildman–Crippen MR) is 54.9 cm³/mol. The minimum atomic E-state index is -0.148. The fraction of sp³-hybridized carbons (Fsp3) is 0.900. The molecule has 0 heterocycles. The van der Waals surface area contributed by atoms with Crippen molar-refractivity contribution < 1.29 is 9.90 Å². The van der Waals surface area contributed by atoms with Crippen LogP contribution in [0, 0.1) is 5.92 Å². The first-order valence-electron chi connectivity index (χ1n) is 5.37. The summed E-state index contributed by atoms with van der Waals surface area (Å²) in [6.07, 6.45) is 2.60. The van der Waals surface area contributed by atoms with Crippen molar-refractivity contribution >= 4 is 5.91 Å². The van der Waals surface area contributed by atoms with E-state index in [1.807, 2.05) is 6.92 Å². The molecule has 0 aliphatic heterocycles. The monoisotopic (exact) mass is 200 g/mol. The topological polar surface area (TPSA) is 61.4 Å². The Kier molecular flexibility index (Phi) is 4.90. The van der Waals surface area contributed by atoms with E-state index in [1.54, 1.807) is 0 Å². The molecule has 1 aliphatic rings. The van der Waals surface area contributed by atoms with Gasteiger partial charge in [0.1, 0.15) is 0 Å². The van der Waals surface area contributed by atoms with Crippen LogP contribution in [0.1, 0.15) is 26.2 Å². The van der Waals surface area contributed by atoms with Gasteiger partial charge in [-0.2, -0.15) is 0 Å². The standard InChI is InChI=1S/C10H20N2O2/c1-2-11-7-10(14)12-6-8-3-4-9(13)5-8/h8-9,11,13H,2-7H2,1H3,(H,12,14). The van der Waals surface area contributed by atoms with Crippen LogP contribution in [0.4, 0.5) is 0 Å². The van der Waals surface area contributed by atoms with Gasteiger partial charge in [0.25, 0.3) is 0 Å². The van der Waals surface area contributed by atoms with Crippen molar-refractivity contribution in [1.82, 2.24) is 10.6 Å². The summed E-state index contributed by atoms with van der Waals surface area (Å²) in [5.74, 6) is 0.517. The molecule has 0 spiro atoms. The van der Waals surface area contributed by atoms with Crippen LogP contribution in [0.5, 0.6) is 0 Å². The van der Waals surface area contributed by atoms with Gasteiger partial charge in [-0.05, 0) is 31.7 Å². The van der Waals surface area contributed by atoms with Gasteiger partial charge in [0, 0.05) is 6.54 Å². The van der Waals surface area contributed by atoms with Crippen LogP contribution in [0.15, 0.2) is 0 Å². The first-order valence-corrected chi connectivity index (χ1v) is 5.37. The van der Waals surface area contributed by atoms with E-state index < -0.39 is 0 Å². The van der Waals surface area contributed by atoms with E-state index in [4.69, 9.17) is 0 Å². The first kappa shape index (κ1) is 11.5. The predicted octanol–water partition coefficient (Wildman–Crippen LogP) is -0.127. The van der Waals surface area contributed by atoms with Crippen LogP contribution in [0.3, 0.4) is 0 Å². The molecule has 82 valence electrons. The Morgan fingerprint density at radius 2 is 2.29 bits per heavy atom. The summed E-state index contributed by atoms with van der Waals surface area (Å²) >= 11 is 0. The fourth-order valence-corrected chi connectivity index (χ4v) is 1.79. The molecular formula is C10H20N2O2. The number of hydrogen-bond donors (Lipinski definition) is 3. The number of carbonyl (C=O) groups is 1. The summed E-state index contributed by atoms with van der Waals surface area (Å²) in [6, 6.07) is 0. The van der Waals surface area contributed by atoms with Crippen LogP contribution in [-0.2, 0) is 4.79 Å². The molecule has 1 amide bonds. The lowest BCUT2D eigenvalue weighted by atomic mass is 10.1. The molecule has 1 saturated carbocycles. The summed E-state index contributed by atoms with van der Waals surface area (Å²) < 4.78 is 0. The number of nitrogens with one attached hydrogen (secondary N) is 2. The number of hydrogen-bond acceptors (Lipinski definition) is 3. The van der Waals surface area contributed by atoms with Gasteiger partial charge in [0.05, 0.1) is 12.6 Å². The molecule has 4 heteroatoms. The maximum absolute atomic E-state index is 11.2. The van der Waals surface area contributed by atoms with Crippen LogP contribution >= 0.6 is 0 Å². The van der Waals surface area contributed by atoms with Crippen LogP contribution in [0.2, 0.25) is 0 Å². The van der Waals surface area contributed by atoms with E-state index in [2.05, 4.69) is 10.6 Å². The Bertz CT molecular complexity index is 185. The summed E-state index contributed by atoms with van der Waals surface area (Å²) in [5.41, 5.74) is 0. The SMILES string of the molecule is CCNCC(=O)NCC1CCC(O)C1. The van der Waals surface area contributed by atoms with Crippen molar-refractivity contribution in [2.75, 3.05) is 19.6 Å². The van der Waals surface area contributed by atoms with Crippen molar-refractivity contribution in [2.24, 2.45) is 5.92 Å². The largest absolute Gasteiger partial charge is 0.393 e. The van der Waals surface area contributed by atoms with Gasteiger partial charge in [0.15, 0.2) is 0 Å².